The number of aliphatic hydroxyl groups is 1. The monoisotopic (exact) mass is 248 g/mol. The fraction of sp³-hybridized carbons (Fsp3) is 0.385. The molecule has 5 heteroatoms. The van der Waals surface area contributed by atoms with Crippen LogP contribution in [0.2, 0.25) is 0 Å². The fourth-order valence-electron chi connectivity index (χ4n) is 1.19. The molecule has 1 amide bonds. The predicted molar refractivity (Wildman–Crippen MR) is 67.9 cm³/mol. The number of anilines is 1. The highest BCUT2D eigenvalue weighted by Gasteiger charge is 2.03. The Bertz CT molecular complexity index is 449. The maximum absolute atomic E-state index is 11.5. The topological polar surface area (TPSA) is 71.5 Å². The molecule has 0 radical (unpaired) electrons. The number of hydrogen-bond donors (Lipinski definition) is 2. The Morgan fingerprint density at radius 3 is 3.11 bits per heavy atom. The average molecular weight is 248 g/mol. The summed E-state index contributed by atoms with van der Waals surface area (Å²) in [5, 5.41) is 11.2. The van der Waals surface area contributed by atoms with Gasteiger partial charge < -0.3 is 15.2 Å². The second kappa shape index (κ2) is 8.23. The normalized spacial score (nSPS) is 9.44. The van der Waals surface area contributed by atoms with Gasteiger partial charge in [-0.3, -0.25) is 4.79 Å². The minimum Gasteiger partial charge on any atom is -0.384 e. The number of rotatable bonds is 5. The van der Waals surface area contributed by atoms with Gasteiger partial charge in [-0.2, -0.15) is 0 Å². The molecule has 18 heavy (non-hydrogen) atoms. The molecule has 1 rings (SSSR count). The van der Waals surface area contributed by atoms with Crippen LogP contribution in [0.4, 0.5) is 5.82 Å². The molecule has 0 unspecified atom stereocenters. The molecular weight excluding hydrogens is 232 g/mol. The lowest BCUT2D eigenvalue weighted by molar-refractivity contribution is -0.120. The van der Waals surface area contributed by atoms with E-state index in [9.17, 15) is 4.79 Å². The molecule has 0 aromatic carbocycles. The average Bonchev–Trinajstić information content (AvgIpc) is 2.37. The summed E-state index contributed by atoms with van der Waals surface area (Å²) in [5.74, 6) is 5.33. The van der Waals surface area contributed by atoms with E-state index in [0.29, 0.717) is 18.1 Å². The van der Waals surface area contributed by atoms with E-state index in [1.807, 2.05) is 6.92 Å². The molecule has 0 saturated heterocycles. The molecule has 1 aromatic rings. The van der Waals surface area contributed by atoms with Gasteiger partial charge in [-0.15, -0.1) is 0 Å². The van der Waals surface area contributed by atoms with Gasteiger partial charge in [-0.25, -0.2) is 4.98 Å². The number of pyridine rings is 1. The molecule has 0 spiro atoms. The van der Waals surface area contributed by atoms with Crippen LogP contribution in [0, 0.1) is 11.8 Å². The SMILES string of the molecule is CCCOCC(=O)Nc1cccc(C#CCO)n1. The van der Waals surface area contributed by atoms with E-state index in [1.54, 1.807) is 18.2 Å². The number of nitrogens with one attached hydrogen (secondary N) is 1. The molecule has 0 aliphatic carbocycles. The van der Waals surface area contributed by atoms with E-state index in [0.717, 1.165) is 6.42 Å². The number of nitrogens with zero attached hydrogens (tertiary/aromatic N) is 1. The first-order valence-electron chi connectivity index (χ1n) is 5.70. The Hall–Kier alpha value is -1.90. The van der Waals surface area contributed by atoms with Gasteiger partial charge in [0.25, 0.3) is 5.91 Å². The molecule has 0 fully saturated rings. The standard InChI is InChI=1S/C13H16N2O3/c1-2-9-18-10-13(17)15-12-7-3-5-11(14-12)6-4-8-16/h3,5,7,16H,2,8-10H2,1H3,(H,14,15,17). The van der Waals surface area contributed by atoms with Crippen LogP contribution in [-0.4, -0.2) is 35.8 Å². The van der Waals surface area contributed by atoms with Crippen LogP contribution in [0.25, 0.3) is 0 Å². The Labute approximate surface area is 106 Å². The zero-order valence-electron chi connectivity index (χ0n) is 10.3. The smallest absolute Gasteiger partial charge is 0.251 e. The van der Waals surface area contributed by atoms with Gasteiger partial charge in [-0.1, -0.05) is 18.9 Å². The number of amides is 1. The maximum atomic E-state index is 11.5. The van der Waals surface area contributed by atoms with Crippen molar-refractivity contribution in [2.24, 2.45) is 0 Å². The number of carbonyl (C=O) groups excluding carboxylic acids is 1. The zero-order valence-corrected chi connectivity index (χ0v) is 10.3. The van der Waals surface area contributed by atoms with Gasteiger partial charge in [0.15, 0.2) is 0 Å². The van der Waals surface area contributed by atoms with Crippen LogP contribution in [0.3, 0.4) is 0 Å². The Morgan fingerprint density at radius 1 is 1.56 bits per heavy atom. The van der Waals surface area contributed by atoms with E-state index in [1.165, 1.54) is 0 Å². The third kappa shape index (κ3) is 5.43. The summed E-state index contributed by atoms with van der Waals surface area (Å²) >= 11 is 0. The molecule has 0 saturated carbocycles. The van der Waals surface area contributed by atoms with Crippen LogP contribution < -0.4 is 5.32 Å². The van der Waals surface area contributed by atoms with E-state index >= 15 is 0 Å². The summed E-state index contributed by atoms with van der Waals surface area (Å²) in [4.78, 5) is 15.6. The van der Waals surface area contributed by atoms with Crippen molar-refractivity contribution < 1.29 is 14.6 Å². The summed E-state index contributed by atoms with van der Waals surface area (Å²) in [6.07, 6.45) is 0.873. The minimum absolute atomic E-state index is 0.0159. The molecule has 5 nitrogen and oxygen atoms in total. The molecular formula is C13H16N2O3. The lowest BCUT2D eigenvalue weighted by Gasteiger charge is -2.05. The first-order chi connectivity index (χ1) is 8.76. The van der Waals surface area contributed by atoms with Crippen molar-refractivity contribution in [1.82, 2.24) is 4.98 Å². The van der Waals surface area contributed by atoms with Crippen LogP contribution >= 0.6 is 0 Å². The van der Waals surface area contributed by atoms with E-state index in [2.05, 4.69) is 22.1 Å². The largest absolute Gasteiger partial charge is 0.384 e. The van der Waals surface area contributed by atoms with Crippen LogP contribution in [0.1, 0.15) is 19.0 Å². The lowest BCUT2D eigenvalue weighted by atomic mass is 10.3. The van der Waals surface area contributed by atoms with Gasteiger partial charge in [-0.05, 0) is 24.5 Å². The van der Waals surface area contributed by atoms with Crippen molar-refractivity contribution >= 4 is 11.7 Å². The fourth-order valence-corrected chi connectivity index (χ4v) is 1.19. The summed E-state index contributed by atoms with van der Waals surface area (Å²) in [6.45, 7) is 2.33. The third-order valence-electron chi connectivity index (χ3n) is 1.89. The van der Waals surface area contributed by atoms with Crippen LogP contribution in [0.15, 0.2) is 18.2 Å². The summed E-state index contributed by atoms with van der Waals surface area (Å²) in [7, 11) is 0. The first kappa shape index (κ1) is 14.2. The number of ether oxygens (including phenoxy) is 1. The van der Waals surface area contributed by atoms with E-state index in [4.69, 9.17) is 9.84 Å². The highest BCUT2D eigenvalue weighted by molar-refractivity contribution is 5.90. The van der Waals surface area contributed by atoms with Crippen molar-refractivity contribution in [2.75, 3.05) is 25.1 Å². The first-order valence-corrected chi connectivity index (χ1v) is 5.70. The summed E-state index contributed by atoms with van der Waals surface area (Å²) in [6, 6.07) is 5.10. The second-order valence-electron chi connectivity index (χ2n) is 3.47. The van der Waals surface area contributed by atoms with Crippen LogP contribution in [-0.2, 0) is 9.53 Å². The Kier molecular flexibility index (Phi) is 6.47. The Morgan fingerprint density at radius 2 is 2.39 bits per heavy atom. The third-order valence-corrected chi connectivity index (χ3v) is 1.89. The number of aliphatic hydroxyl groups excluding tert-OH is 1. The van der Waals surface area contributed by atoms with Crippen LogP contribution in [0.5, 0.6) is 0 Å². The quantitative estimate of drug-likeness (QED) is 0.597. The maximum Gasteiger partial charge on any atom is 0.251 e. The van der Waals surface area contributed by atoms with Gasteiger partial charge in [0.2, 0.25) is 0 Å². The highest BCUT2D eigenvalue weighted by atomic mass is 16.5. The molecule has 0 aliphatic rings. The predicted octanol–water partition coefficient (Wildman–Crippen LogP) is 0.790. The highest BCUT2D eigenvalue weighted by Crippen LogP contribution is 2.03. The van der Waals surface area contributed by atoms with E-state index in [-0.39, 0.29) is 19.1 Å². The summed E-state index contributed by atoms with van der Waals surface area (Å²) in [5.41, 5.74) is 0.497. The molecule has 2 N–H and O–H groups in total. The minimum atomic E-state index is -0.247. The van der Waals surface area contributed by atoms with Crippen molar-refractivity contribution in [2.45, 2.75) is 13.3 Å². The number of aromatic nitrogens is 1. The number of hydrogen-bond acceptors (Lipinski definition) is 4. The van der Waals surface area contributed by atoms with E-state index < -0.39 is 0 Å². The van der Waals surface area contributed by atoms with Crippen molar-refractivity contribution in [3.63, 3.8) is 0 Å². The van der Waals surface area contributed by atoms with Crippen molar-refractivity contribution in [1.29, 1.82) is 0 Å². The molecule has 1 aromatic heterocycles. The Balaban J connectivity index is 2.53. The van der Waals surface area contributed by atoms with Gasteiger partial charge in [0.1, 0.15) is 24.7 Å². The molecule has 0 atom stereocenters. The molecule has 96 valence electrons. The van der Waals surface area contributed by atoms with Gasteiger partial charge >= 0.3 is 0 Å². The lowest BCUT2D eigenvalue weighted by Crippen LogP contribution is -2.19. The second-order valence-corrected chi connectivity index (χ2v) is 3.47. The van der Waals surface area contributed by atoms with Crippen molar-refractivity contribution in [3.8, 4) is 11.8 Å². The molecule has 1 heterocycles. The van der Waals surface area contributed by atoms with Gasteiger partial charge in [0.05, 0.1) is 0 Å². The van der Waals surface area contributed by atoms with Gasteiger partial charge in [0, 0.05) is 6.61 Å². The van der Waals surface area contributed by atoms with Crippen molar-refractivity contribution in [3.05, 3.63) is 23.9 Å². The molecule has 0 aliphatic heterocycles. The zero-order chi connectivity index (χ0) is 13.2. The summed E-state index contributed by atoms with van der Waals surface area (Å²) < 4.78 is 5.11. The number of carbonyl (C=O) groups is 1. The molecule has 0 bridgehead atoms.